The van der Waals surface area contributed by atoms with Crippen molar-refractivity contribution in [3.05, 3.63) is 203 Å². The maximum Gasteiger partial charge on any atom is 0.119 e. The molecule has 5 heteroatoms. The van der Waals surface area contributed by atoms with Crippen molar-refractivity contribution in [2.24, 2.45) is 0 Å². The number of aliphatic hydroxyl groups excluding tert-OH is 1. The summed E-state index contributed by atoms with van der Waals surface area (Å²) in [5.74, 6) is 2.72. The van der Waals surface area contributed by atoms with Gasteiger partial charge in [0, 0.05) is 30.9 Å². The SMILES string of the molecule is ClCCC(c1ccccc1)C(c1ccccc1)c1ccc(OCCN2CCCCC2)cc1.OCCC(c1ccccc1)C(c1ccccc1)c1ccc(O)cc1. The summed E-state index contributed by atoms with van der Waals surface area (Å²) >= 11 is 6.29. The first-order valence-electron chi connectivity index (χ1n) is 20.2. The van der Waals surface area contributed by atoms with E-state index in [-0.39, 0.29) is 30.1 Å². The predicted octanol–water partition coefficient (Wildman–Crippen LogP) is 11.8. The number of ether oxygens (including phenoxy) is 1. The maximum absolute atomic E-state index is 9.64. The van der Waals surface area contributed by atoms with E-state index in [1.54, 1.807) is 12.1 Å². The van der Waals surface area contributed by atoms with E-state index < -0.39 is 0 Å². The minimum atomic E-state index is 0.126. The molecule has 1 aliphatic rings. The van der Waals surface area contributed by atoms with Crippen molar-refractivity contribution in [1.29, 1.82) is 0 Å². The molecule has 2 N–H and O–H groups in total. The predicted molar refractivity (Wildman–Crippen MR) is 232 cm³/mol. The molecule has 1 heterocycles. The molecule has 0 spiro atoms. The molecule has 4 nitrogen and oxygen atoms in total. The first kappa shape index (κ1) is 40.8. The molecule has 0 bridgehead atoms. The Kier molecular flexibility index (Phi) is 16.0. The van der Waals surface area contributed by atoms with Crippen LogP contribution in [0.1, 0.15) is 89.2 Å². The van der Waals surface area contributed by atoms with E-state index in [0.717, 1.165) is 30.9 Å². The van der Waals surface area contributed by atoms with Gasteiger partial charge in [-0.3, -0.25) is 4.90 Å². The fraction of sp³-hybridized carbons (Fsp3) is 0.294. The number of alkyl halides is 1. The Morgan fingerprint density at radius 1 is 0.500 bits per heavy atom. The minimum Gasteiger partial charge on any atom is -0.508 e. The lowest BCUT2D eigenvalue weighted by Gasteiger charge is -2.29. The highest BCUT2D eigenvalue weighted by Crippen LogP contribution is 2.42. The minimum absolute atomic E-state index is 0.126. The van der Waals surface area contributed by atoms with E-state index in [1.807, 2.05) is 48.5 Å². The number of benzene rings is 6. The zero-order chi connectivity index (χ0) is 38.8. The Bertz CT molecular complexity index is 1930. The fourth-order valence-corrected chi connectivity index (χ4v) is 8.51. The van der Waals surface area contributed by atoms with Crippen molar-refractivity contribution in [3.63, 3.8) is 0 Å². The van der Waals surface area contributed by atoms with Gasteiger partial charge in [-0.25, -0.2) is 0 Å². The third kappa shape index (κ3) is 11.6. The van der Waals surface area contributed by atoms with Gasteiger partial charge in [0.25, 0.3) is 0 Å². The lowest BCUT2D eigenvalue weighted by atomic mass is 9.76. The zero-order valence-electron chi connectivity index (χ0n) is 32.4. The van der Waals surface area contributed by atoms with Crippen molar-refractivity contribution in [2.45, 2.75) is 55.8 Å². The lowest BCUT2D eigenvalue weighted by molar-refractivity contribution is 0.183. The van der Waals surface area contributed by atoms with Crippen LogP contribution in [-0.4, -0.2) is 53.8 Å². The molecule has 56 heavy (non-hydrogen) atoms. The summed E-state index contributed by atoms with van der Waals surface area (Å²) in [4.78, 5) is 2.51. The summed E-state index contributed by atoms with van der Waals surface area (Å²) in [6, 6.07) is 58.4. The number of hydrogen-bond donors (Lipinski definition) is 2. The highest BCUT2D eigenvalue weighted by atomic mass is 35.5. The van der Waals surface area contributed by atoms with Gasteiger partial charge in [-0.05, 0) is 108 Å². The van der Waals surface area contributed by atoms with Gasteiger partial charge in [-0.1, -0.05) is 152 Å². The topological polar surface area (TPSA) is 52.9 Å². The van der Waals surface area contributed by atoms with Gasteiger partial charge < -0.3 is 14.9 Å². The van der Waals surface area contributed by atoms with E-state index in [2.05, 4.69) is 114 Å². The summed E-state index contributed by atoms with van der Waals surface area (Å²) in [7, 11) is 0. The van der Waals surface area contributed by atoms with Gasteiger partial charge in [0.2, 0.25) is 0 Å². The Labute approximate surface area is 339 Å². The van der Waals surface area contributed by atoms with Crippen LogP contribution < -0.4 is 4.74 Å². The van der Waals surface area contributed by atoms with Crippen molar-refractivity contribution in [1.82, 2.24) is 4.90 Å². The smallest absolute Gasteiger partial charge is 0.119 e. The molecule has 1 fully saturated rings. The van der Waals surface area contributed by atoms with Crippen LogP contribution in [0.2, 0.25) is 0 Å². The summed E-state index contributed by atoms with van der Waals surface area (Å²) in [6.07, 6.45) is 5.62. The van der Waals surface area contributed by atoms with E-state index in [1.165, 1.54) is 60.2 Å². The van der Waals surface area contributed by atoms with E-state index in [9.17, 15) is 10.2 Å². The molecule has 1 aliphatic heterocycles. The zero-order valence-corrected chi connectivity index (χ0v) is 33.1. The quantitative estimate of drug-likeness (QED) is 0.0964. The van der Waals surface area contributed by atoms with Gasteiger partial charge >= 0.3 is 0 Å². The largest absolute Gasteiger partial charge is 0.508 e. The van der Waals surface area contributed by atoms with Gasteiger partial charge in [-0.15, -0.1) is 11.6 Å². The average molecular weight is 766 g/mol. The van der Waals surface area contributed by atoms with Crippen molar-refractivity contribution >= 4 is 11.6 Å². The van der Waals surface area contributed by atoms with Crippen LogP contribution in [0.3, 0.4) is 0 Å². The molecule has 4 unspecified atom stereocenters. The van der Waals surface area contributed by atoms with Crippen LogP contribution in [0.5, 0.6) is 11.5 Å². The van der Waals surface area contributed by atoms with Gasteiger partial charge in [-0.2, -0.15) is 0 Å². The summed E-state index contributed by atoms with van der Waals surface area (Å²) in [5, 5.41) is 19.3. The number of rotatable bonds is 16. The highest BCUT2D eigenvalue weighted by molar-refractivity contribution is 6.17. The number of phenols is 1. The third-order valence-electron chi connectivity index (χ3n) is 11.1. The molecule has 7 rings (SSSR count). The molecule has 1 saturated heterocycles. The number of hydrogen-bond acceptors (Lipinski definition) is 4. The van der Waals surface area contributed by atoms with Crippen LogP contribution >= 0.6 is 11.6 Å². The number of piperidine rings is 1. The normalized spacial score (nSPS) is 15.1. The summed E-state index contributed by atoms with van der Waals surface area (Å²) in [5.41, 5.74) is 7.54. The number of nitrogens with zero attached hydrogens (tertiary/aromatic N) is 1. The number of aromatic hydroxyl groups is 1. The van der Waals surface area contributed by atoms with Crippen molar-refractivity contribution < 1.29 is 14.9 Å². The Balaban J connectivity index is 0.000000198. The molecule has 0 aliphatic carbocycles. The Morgan fingerprint density at radius 2 is 0.911 bits per heavy atom. The fourth-order valence-electron chi connectivity index (χ4n) is 8.27. The van der Waals surface area contributed by atoms with E-state index >= 15 is 0 Å². The number of aliphatic hydroxyl groups is 1. The molecular weight excluding hydrogens is 710 g/mol. The highest BCUT2D eigenvalue weighted by Gasteiger charge is 2.27. The van der Waals surface area contributed by atoms with E-state index in [4.69, 9.17) is 16.3 Å². The van der Waals surface area contributed by atoms with Crippen molar-refractivity contribution in [2.75, 3.05) is 38.7 Å². The number of phenolic OH excluding ortho intramolecular Hbond substituents is 1. The van der Waals surface area contributed by atoms with E-state index in [0.29, 0.717) is 18.2 Å². The van der Waals surface area contributed by atoms with Gasteiger partial charge in [0.05, 0.1) is 0 Å². The average Bonchev–Trinajstić information content (AvgIpc) is 3.26. The molecule has 6 aromatic carbocycles. The monoisotopic (exact) mass is 765 g/mol. The molecule has 0 amide bonds. The van der Waals surface area contributed by atoms with Crippen molar-refractivity contribution in [3.8, 4) is 11.5 Å². The molecular formula is C51H56ClNO3. The third-order valence-corrected chi connectivity index (χ3v) is 11.3. The molecule has 0 saturated carbocycles. The van der Waals surface area contributed by atoms with Crippen LogP contribution in [0, 0.1) is 0 Å². The van der Waals surface area contributed by atoms with Gasteiger partial charge in [0.1, 0.15) is 18.1 Å². The Hall–Kier alpha value is -4.87. The first-order valence-corrected chi connectivity index (χ1v) is 20.8. The summed E-state index contributed by atoms with van der Waals surface area (Å²) < 4.78 is 6.08. The second kappa shape index (κ2) is 22.0. The van der Waals surface area contributed by atoms with Crippen LogP contribution in [0.15, 0.2) is 170 Å². The maximum atomic E-state index is 9.64. The number of halogens is 1. The van der Waals surface area contributed by atoms with Crippen LogP contribution in [0.25, 0.3) is 0 Å². The first-order chi connectivity index (χ1) is 27.6. The van der Waals surface area contributed by atoms with Crippen LogP contribution in [-0.2, 0) is 0 Å². The molecule has 290 valence electrons. The molecule has 0 aromatic heterocycles. The van der Waals surface area contributed by atoms with Crippen LogP contribution in [0.4, 0.5) is 0 Å². The summed E-state index contributed by atoms with van der Waals surface area (Å²) in [6.45, 7) is 4.33. The molecule has 4 atom stereocenters. The van der Waals surface area contributed by atoms with Gasteiger partial charge in [0.15, 0.2) is 0 Å². The molecule has 0 radical (unpaired) electrons. The second-order valence-electron chi connectivity index (χ2n) is 14.7. The standard InChI is InChI=1S/C29H34ClNO.C22H22O2/c30-19-18-28(24-10-4-1-5-11-24)29(25-12-6-2-7-13-25)26-14-16-27(17-15-26)32-23-22-31-20-8-3-9-21-31;23-16-15-21(17-7-3-1-4-8-17)22(18-9-5-2-6-10-18)19-11-13-20(24)14-12-19/h1-2,4-7,10-17,28-29H,3,8-9,18-23H2;1-14,21-24H,15-16H2. The number of likely N-dealkylation sites (tertiary alicyclic amines) is 1. The lowest BCUT2D eigenvalue weighted by Crippen LogP contribution is -2.33. The second-order valence-corrected chi connectivity index (χ2v) is 15.1. The molecule has 6 aromatic rings. The Morgan fingerprint density at radius 3 is 1.36 bits per heavy atom.